The third kappa shape index (κ3) is 7.68. The average molecular weight is 293 g/mol. The predicted molar refractivity (Wildman–Crippen MR) is 87.2 cm³/mol. The molecule has 1 aromatic rings. The summed E-state index contributed by atoms with van der Waals surface area (Å²) in [6.45, 7) is 4.81. The fourth-order valence-corrected chi connectivity index (χ4v) is 2.16. The molecule has 0 saturated heterocycles. The van der Waals surface area contributed by atoms with E-state index in [1.807, 2.05) is 12.1 Å². The van der Waals surface area contributed by atoms with E-state index in [2.05, 4.69) is 17.1 Å². The zero-order valence-electron chi connectivity index (χ0n) is 12.8. The molecule has 0 bridgehead atoms. The zero-order chi connectivity index (χ0) is 15.5. The number of nitrogens with one attached hydrogen (secondary N) is 1. The summed E-state index contributed by atoms with van der Waals surface area (Å²) >= 11 is 0. The molecule has 1 amide bonds. The summed E-state index contributed by atoms with van der Waals surface area (Å²) in [5, 5.41) is 11.9. The van der Waals surface area contributed by atoms with E-state index in [9.17, 15) is 4.79 Å². The molecule has 21 heavy (non-hydrogen) atoms. The van der Waals surface area contributed by atoms with E-state index in [1.54, 1.807) is 12.1 Å². The number of carbonyl (C=O) groups is 1. The smallest absolute Gasteiger partial charge is 0.224 e. The molecule has 118 valence electrons. The number of aliphatic hydroxyl groups excluding tert-OH is 1. The largest absolute Gasteiger partial charge is 0.399 e. The molecule has 0 spiro atoms. The van der Waals surface area contributed by atoms with Gasteiger partial charge >= 0.3 is 0 Å². The SMILES string of the molecule is CCCCN(CCO)CCCC(=O)Nc1cccc(N)c1. The van der Waals surface area contributed by atoms with Crippen LogP contribution in [0.15, 0.2) is 24.3 Å². The fraction of sp³-hybridized carbons (Fsp3) is 0.562. The van der Waals surface area contributed by atoms with Gasteiger partial charge in [0.05, 0.1) is 6.61 Å². The second-order valence-electron chi connectivity index (χ2n) is 5.20. The van der Waals surface area contributed by atoms with Gasteiger partial charge in [-0.05, 0) is 44.1 Å². The van der Waals surface area contributed by atoms with Crippen LogP contribution in [0.2, 0.25) is 0 Å². The summed E-state index contributed by atoms with van der Waals surface area (Å²) < 4.78 is 0. The molecule has 0 aliphatic rings. The van der Waals surface area contributed by atoms with E-state index in [-0.39, 0.29) is 12.5 Å². The summed E-state index contributed by atoms with van der Waals surface area (Å²) in [7, 11) is 0. The van der Waals surface area contributed by atoms with Crippen LogP contribution in [-0.4, -0.2) is 42.2 Å². The number of carbonyl (C=O) groups excluding carboxylic acids is 1. The Balaban J connectivity index is 2.28. The highest BCUT2D eigenvalue weighted by Crippen LogP contribution is 2.12. The minimum atomic E-state index is 0.0000370. The number of nitrogens with zero attached hydrogens (tertiary/aromatic N) is 1. The standard InChI is InChI=1S/C16H27N3O2/c1-2-3-9-19(11-12-20)10-5-8-16(21)18-15-7-4-6-14(17)13-15/h4,6-7,13,20H,2-3,5,8-12,17H2,1H3,(H,18,21). The molecule has 5 nitrogen and oxygen atoms in total. The second-order valence-corrected chi connectivity index (χ2v) is 5.20. The number of nitrogens with two attached hydrogens (primary N) is 1. The number of aliphatic hydroxyl groups is 1. The van der Waals surface area contributed by atoms with Crippen molar-refractivity contribution in [2.75, 3.05) is 37.3 Å². The molecule has 0 aliphatic heterocycles. The normalized spacial score (nSPS) is 10.8. The second kappa shape index (κ2) is 10.2. The number of anilines is 2. The Hall–Kier alpha value is -1.59. The maximum atomic E-state index is 11.9. The lowest BCUT2D eigenvalue weighted by Crippen LogP contribution is -2.29. The lowest BCUT2D eigenvalue weighted by Gasteiger charge is -2.20. The average Bonchev–Trinajstić information content (AvgIpc) is 2.44. The summed E-state index contributed by atoms with van der Waals surface area (Å²) in [5.74, 6) is 0.0000370. The van der Waals surface area contributed by atoms with Gasteiger partial charge in [-0.3, -0.25) is 4.79 Å². The van der Waals surface area contributed by atoms with Crippen molar-refractivity contribution >= 4 is 17.3 Å². The lowest BCUT2D eigenvalue weighted by atomic mass is 10.2. The van der Waals surface area contributed by atoms with Crippen molar-refractivity contribution in [3.63, 3.8) is 0 Å². The van der Waals surface area contributed by atoms with Gasteiger partial charge in [0.1, 0.15) is 0 Å². The fourth-order valence-electron chi connectivity index (χ4n) is 2.16. The molecule has 0 fully saturated rings. The molecule has 1 aromatic carbocycles. The van der Waals surface area contributed by atoms with Crippen molar-refractivity contribution in [1.29, 1.82) is 0 Å². The Morgan fingerprint density at radius 3 is 2.71 bits per heavy atom. The topological polar surface area (TPSA) is 78.6 Å². The highest BCUT2D eigenvalue weighted by molar-refractivity contribution is 5.91. The Bertz CT molecular complexity index is 424. The van der Waals surface area contributed by atoms with Gasteiger partial charge in [0.2, 0.25) is 5.91 Å². The lowest BCUT2D eigenvalue weighted by molar-refractivity contribution is -0.116. The maximum absolute atomic E-state index is 11.9. The van der Waals surface area contributed by atoms with Crippen LogP contribution in [0.25, 0.3) is 0 Å². The highest BCUT2D eigenvalue weighted by atomic mass is 16.3. The summed E-state index contributed by atoms with van der Waals surface area (Å²) in [4.78, 5) is 14.1. The first-order valence-corrected chi connectivity index (χ1v) is 7.64. The predicted octanol–water partition coefficient (Wildman–Crippen LogP) is 2.08. The van der Waals surface area contributed by atoms with Gasteiger partial charge in [-0.1, -0.05) is 19.4 Å². The third-order valence-electron chi connectivity index (χ3n) is 3.29. The summed E-state index contributed by atoms with van der Waals surface area (Å²) in [6.07, 6.45) is 3.52. The first kappa shape index (κ1) is 17.5. The first-order chi connectivity index (χ1) is 10.2. The number of rotatable bonds is 10. The van der Waals surface area contributed by atoms with Crippen LogP contribution in [-0.2, 0) is 4.79 Å². The summed E-state index contributed by atoms with van der Waals surface area (Å²) in [6, 6.07) is 7.18. The molecule has 1 rings (SSSR count). The van der Waals surface area contributed by atoms with Crippen LogP contribution in [0.4, 0.5) is 11.4 Å². The van der Waals surface area contributed by atoms with Crippen molar-refractivity contribution in [3.8, 4) is 0 Å². The Kier molecular flexibility index (Phi) is 8.47. The van der Waals surface area contributed by atoms with Crippen LogP contribution in [0, 0.1) is 0 Å². The molecule has 0 aliphatic carbocycles. The zero-order valence-corrected chi connectivity index (χ0v) is 12.8. The molecule has 0 heterocycles. The van der Waals surface area contributed by atoms with E-state index >= 15 is 0 Å². The Morgan fingerprint density at radius 1 is 1.29 bits per heavy atom. The van der Waals surface area contributed by atoms with Gasteiger partial charge < -0.3 is 21.1 Å². The van der Waals surface area contributed by atoms with Crippen LogP contribution in [0.1, 0.15) is 32.6 Å². The van der Waals surface area contributed by atoms with Crippen molar-refractivity contribution in [1.82, 2.24) is 4.90 Å². The monoisotopic (exact) mass is 293 g/mol. The number of unbranched alkanes of at least 4 members (excludes halogenated alkanes) is 1. The van der Waals surface area contributed by atoms with Crippen LogP contribution in [0.5, 0.6) is 0 Å². The van der Waals surface area contributed by atoms with Crippen molar-refractivity contribution < 1.29 is 9.90 Å². The van der Waals surface area contributed by atoms with Crippen molar-refractivity contribution in [2.45, 2.75) is 32.6 Å². The van der Waals surface area contributed by atoms with Crippen LogP contribution < -0.4 is 11.1 Å². The van der Waals surface area contributed by atoms with Gasteiger partial charge in [0.15, 0.2) is 0 Å². The minimum Gasteiger partial charge on any atom is -0.399 e. The molecule has 0 unspecified atom stereocenters. The van der Waals surface area contributed by atoms with Gasteiger partial charge in [0.25, 0.3) is 0 Å². The Morgan fingerprint density at radius 2 is 2.05 bits per heavy atom. The quantitative estimate of drug-likeness (QED) is 0.577. The minimum absolute atomic E-state index is 0.0000370. The molecule has 4 N–H and O–H groups in total. The number of hydrogen-bond acceptors (Lipinski definition) is 4. The number of amides is 1. The van der Waals surface area contributed by atoms with Gasteiger partial charge in [0, 0.05) is 24.3 Å². The van der Waals surface area contributed by atoms with E-state index in [1.165, 1.54) is 0 Å². The molecular weight excluding hydrogens is 266 g/mol. The Labute approximate surface area is 127 Å². The van der Waals surface area contributed by atoms with Crippen LogP contribution >= 0.6 is 0 Å². The molecule has 0 radical (unpaired) electrons. The molecule has 0 saturated carbocycles. The third-order valence-corrected chi connectivity index (χ3v) is 3.29. The summed E-state index contributed by atoms with van der Waals surface area (Å²) in [5.41, 5.74) is 7.05. The molecular formula is C16H27N3O2. The van der Waals surface area contributed by atoms with Gasteiger partial charge in [-0.2, -0.15) is 0 Å². The number of benzene rings is 1. The van der Waals surface area contributed by atoms with Crippen LogP contribution in [0.3, 0.4) is 0 Å². The molecule has 0 aromatic heterocycles. The van der Waals surface area contributed by atoms with Crippen molar-refractivity contribution in [2.24, 2.45) is 0 Å². The number of nitrogen functional groups attached to an aromatic ring is 1. The van der Waals surface area contributed by atoms with E-state index in [0.717, 1.165) is 38.0 Å². The van der Waals surface area contributed by atoms with E-state index < -0.39 is 0 Å². The van der Waals surface area contributed by atoms with Gasteiger partial charge in [-0.25, -0.2) is 0 Å². The van der Waals surface area contributed by atoms with Crippen molar-refractivity contribution in [3.05, 3.63) is 24.3 Å². The van der Waals surface area contributed by atoms with E-state index in [4.69, 9.17) is 10.8 Å². The number of hydrogen-bond donors (Lipinski definition) is 3. The first-order valence-electron chi connectivity index (χ1n) is 7.64. The highest BCUT2D eigenvalue weighted by Gasteiger charge is 2.06. The van der Waals surface area contributed by atoms with E-state index in [0.29, 0.717) is 18.7 Å². The molecule has 0 atom stereocenters. The molecule has 5 heteroatoms. The maximum Gasteiger partial charge on any atom is 0.224 e. The van der Waals surface area contributed by atoms with Gasteiger partial charge in [-0.15, -0.1) is 0 Å².